The van der Waals surface area contributed by atoms with Gasteiger partial charge in [-0.15, -0.1) is 0 Å². The third-order valence-corrected chi connectivity index (χ3v) is 4.60. The van der Waals surface area contributed by atoms with Crippen LogP contribution in [-0.2, 0) is 4.74 Å². The first-order chi connectivity index (χ1) is 11.2. The molecule has 3 rings (SSSR count). The van der Waals surface area contributed by atoms with Crippen molar-refractivity contribution < 1.29 is 13.9 Å². The van der Waals surface area contributed by atoms with Gasteiger partial charge in [-0.2, -0.15) is 0 Å². The zero-order valence-electron chi connectivity index (χ0n) is 13.3. The van der Waals surface area contributed by atoms with Crippen LogP contribution in [0.4, 0.5) is 9.18 Å². The van der Waals surface area contributed by atoms with Gasteiger partial charge in [0.25, 0.3) is 0 Å². The Morgan fingerprint density at radius 1 is 1.30 bits per heavy atom. The van der Waals surface area contributed by atoms with E-state index in [2.05, 4.69) is 10.2 Å². The molecule has 0 aliphatic carbocycles. The molecule has 0 radical (unpaired) electrons. The van der Waals surface area contributed by atoms with Crippen molar-refractivity contribution >= 4 is 6.03 Å². The van der Waals surface area contributed by atoms with E-state index in [1.54, 1.807) is 12.1 Å². The second-order valence-corrected chi connectivity index (χ2v) is 6.17. The third kappa shape index (κ3) is 4.42. The van der Waals surface area contributed by atoms with Crippen LogP contribution in [0.5, 0.6) is 0 Å². The molecular formula is C17H24FN3O2. The molecule has 2 aliphatic rings. The maximum atomic E-state index is 13.3. The average Bonchev–Trinajstić information content (AvgIpc) is 3.06. The van der Waals surface area contributed by atoms with E-state index in [-0.39, 0.29) is 17.8 Å². The number of carbonyl (C=O) groups is 1. The molecule has 126 valence electrons. The van der Waals surface area contributed by atoms with Crippen LogP contribution in [0.15, 0.2) is 24.3 Å². The van der Waals surface area contributed by atoms with E-state index in [9.17, 15) is 9.18 Å². The minimum Gasteiger partial charge on any atom is -0.379 e. The Hall–Kier alpha value is -1.66. The molecule has 2 aliphatic heterocycles. The van der Waals surface area contributed by atoms with Gasteiger partial charge in [0.2, 0.25) is 0 Å². The summed E-state index contributed by atoms with van der Waals surface area (Å²) in [6.45, 7) is 6.31. The summed E-state index contributed by atoms with van der Waals surface area (Å²) in [6.07, 6.45) is 0.889. The number of nitrogens with one attached hydrogen (secondary N) is 1. The summed E-state index contributed by atoms with van der Waals surface area (Å²) >= 11 is 0. The van der Waals surface area contributed by atoms with E-state index >= 15 is 0 Å². The molecule has 23 heavy (non-hydrogen) atoms. The van der Waals surface area contributed by atoms with Gasteiger partial charge in [-0.3, -0.25) is 4.90 Å². The van der Waals surface area contributed by atoms with Crippen molar-refractivity contribution in [2.24, 2.45) is 0 Å². The highest BCUT2D eigenvalue weighted by Gasteiger charge is 2.27. The van der Waals surface area contributed by atoms with Crippen molar-refractivity contribution in [1.29, 1.82) is 0 Å². The molecule has 1 aromatic carbocycles. The van der Waals surface area contributed by atoms with E-state index in [1.807, 2.05) is 11.0 Å². The Bertz CT molecular complexity index is 534. The Kier molecular flexibility index (Phi) is 5.46. The van der Waals surface area contributed by atoms with Crippen LogP contribution in [0, 0.1) is 5.82 Å². The molecule has 2 heterocycles. The molecule has 0 aromatic heterocycles. The summed E-state index contributed by atoms with van der Waals surface area (Å²) < 4.78 is 18.6. The standard InChI is InChI=1S/C17H24FN3O2/c18-16-3-1-2-14(12-16)15-4-6-21(13-15)17(22)19-5-7-20-8-10-23-11-9-20/h1-3,12,15H,4-11,13H2,(H,19,22). The van der Waals surface area contributed by atoms with Crippen LogP contribution in [0.1, 0.15) is 17.9 Å². The zero-order chi connectivity index (χ0) is 16.1. The Labute approximate surface area is 136 Å². The minimum absolute atomic E-state index is 0.0165. The molecule has 1 atom stereocenters. The second-order valence-electron chi connectivity index (χ2n) is 6.17. The molecule has 2 saturated heterocycles. The van der Waals surface area contributed by atoms with Crippen molar-refractivity contribution in [2.75, 3.05) is 52.5 Å². The molecule has 0 spiro atoms. The maximum absolute atomic E-state index is 13.3. The van der Waals surface area contributed by atoms with E-state index < -0.39 is 0 Å². The summed E-state index contributed by atoms with van der Waals surface area (Å²) in [5, 5.41) is 2.99. The summed E-state index contributed by atoms with van der Waals surface area (Å²) in [6, 6.07) is 6.68. The monoisotopic (exact) mass is 321 g/mol. The first kappa shape index (κ1) is 16.2. The maximum Gasteiger partial charge on any atom is 0.317 e. The van der Waals surface area contributed by atoms with E-state index in [0.717, 1.165) is 51.4 Å². The highest BCUT2D eigenvalue weighted by atomic mass is 19.1. The number of rotatable bonds is 4. The van der Waals surface area contributed by atoms with Crippen LogP contribution in [0.25, 0.3) is 0 Å². The fraction of sp³-hybridized carbons (Fsp3) is 0.588. The van der Waals surface area contributed by atoms with E-state index in [1.165, 1.54) is 6.07 Å². The number of likely N-dealkylation sites (tertiary alicyclic amines) is 1. The molecule has 1 unspecified atom stereocenters. The average molecular weight is 321 g/mol. The highest BCUT2D eigenvalue weighted by Crippen LogP contribution is 2.27. The Balaban J connectivity index is 1.42. The van der Waals surface area contributed by atoms with Crippen molar-refractivity contribution in [2.45, 2.75) is 12.3 Å². The fourth-order valence-corrected chi connectivity index (χ4v) is 3.23. The lowest BCUT2D eigenvalue weighted by molar-refractivity contribution is 0.0386. The van der Waals surface area contributed by atoms with Crippen LogP contribution >= 0.6 is 0 Å². The van der Waals surface area contributed by atoms with E-state index in [4.69, 9.17) is 4.74 Å². The lowest BCUT2D eigenvalue weighted by Gasteiger charge is -2.27. The topological polar surface area (TPSA) is 44.8 Å². The number of hydrogen-bond acceptors (Lipinski definition) is 3. The Morgan fingerprint density at radius 2 is 2.13 bits per heavy atom. The highest BCUT2D eigenvalue weighted by molar-refractivity contribution is 5.74. The van der Waals surface area contributed by atoms with Crippen LogP contribution in [0.2, 0.25) is 0 Å². The number of nitrogens with zero attached hydrogens (tertiary/aromatic N) is 2. The number of carbonyl (C=O) groups excluding carboxylic acids is 1. The van der Waals surface area contributed by atoms with E-state index in [0.29, 0.717) is 13.1 Å². The molecule has 2 fully saturated rings. The first-order valence-electron chi connectivity index (χ1n) is 8.31. The van der Waals surface area contributed by atoms with Gasteiger partial charge in [0.15, 0.2) is 0 Å². The van der Waals surface area contributed by atoms with Crippen LogP contribution in [0.3, 0.4) is 0 Å². The third-order valence-electron chi connectivity index (χ3n) is 4.60. The number of urea groups is 1. The molecule has 1 N–H and O–H groups in total. The van der Waals surface area contributed by atoms with Gasteiger partial charge >= 0.3 is 6.03 Å². The summed E-state index contributed by atoms with van der Waals surface area (Å²) in [5.41, 5.74) is 0.980. The molecule has 2 amide bonds. The number of hydrogen-bond donors (Lipinski definition) is 1. The normalized spacial score (nSPS) is 22.3. The van der Waals surface area contributed by atoms with Gasteiger partial charge in [-0.1, -0.05) is 12.1 Å². The smallest absolute Gasteiger partial charge is 0.317 e. The van der Waals surface area contributed by atoms with Gasteiger partial charge in [0.05, 0.1) is 13.2 Å². The summed E-state index contributed by atoms with van der Waals surface area (Å²) in [5.74, 6) is 0.0200. The van der Waals surface area contributed by atoms with Crippen molar-refractivity contribution in [3.63, 3.8) is 0 Å². The molecule has 0 saturated carbocycles. The number of halogens is 1. The minimum atomic E-state index is -0.212. The van der Waals surface area contributed by atoms with Crippen molar-refractivity contribution in [3.05, 3.63) is 35.6 Å². The molecule has 0 bridgehead atoms. The molecule has 6 heteroatoms. The summed E-state index contributed by atoms with van der Waals surface area (Å²) in [4.78, 5) is 16.4. The SMILES string of the molecule is O=C(NCCN1CCOCC1)N1CCC(c2cccc(F)c2)C1. The van der Waals surface area contributed by atoms with Crippen LogP contribution < -0.4 is 5.32 Å². The number of benzene rings is 1. The van der Waals surface area contributed by atoms with Crippen molar-refractivity contribution in [3.8, 4) is 0 Å². The van der Waals surface area contributed by atoms with Crippen LogP contribution in [-0.4, -0.2) is 68.3 Å². The largest absolute Gasteiger partial charge is 0.379 e. The Morgan fingerprint density at radius 3 is 2.91 bits per heavy atom. The predicted octanol–water partition coefficient (Wildman–Crippen LogP) is 1.66. The lowest BCUT2D eigenvalue weighted by atomic mass is 9.98. The summed E-state index contributed by atoms with van der Waals surface area (Å²) in [7, 11) is 0. The number of morpholine rings is 1. The van der Waals surface area contributed by atoms with Gasteiger partial charge < -0.3 is 15.0 Å². The molecular weight excluding hydrogens is 297 g/mol. The quantitative estimate of drug-likeness (QED) is 0.917. The second kappa shape index (κ2) is 7.75. The number of ether oxygens (including phenoxy) is 1. The lowest BCUT2D eigenvalue weighted by Crippen LogP contribution is -2.44. The predicted molar refractivity (Wildman–Crippen MR) is 86.0 cm³/mol. The number of amides is 2. The van der Waals surface area contributed by atoms with Gasteiger partial charge in [0, 0.05) is 45.2 Å². The first-order valence-corrected chi connectivity index (χ1v) is 8.31. The zero-order valence-corrected chi connectivity index (χ0v) is 13.3. The molecule has 5 nitrogen and oxygen atoms in total. The molecule has 1 aromatic rings. The van der Waals surface area contributed by atoms with Gasteiger partial charge in [-0.05, 0) is 24.1 Å². The fourth-order valence-electron chi connectivity index (χ4n) is 3.23. The van der Waals surface area contributed by atoms with Gasteiger partial charge in [0.1, 0.15) is 5.82 Å². The van der Waals surface area contributed by atoms with Gasteiger partial charge in [-0.25, -0.2) is 9.18 Å². The van der Waals surface area contributed by atoms with Crippen molar-refractivity contribution in [1.82, 2.24) is 15.1 Å².